The molecule has 0 fully saturated rings. The normalized spacial score (nSPS) is 10.8. The number of amides is 1. The van der Waals surface area contributed by atoms with E-state index in [1.807, 2.05) is 51.4 Å². The van der Waals surface area contributed by atoms with Crippen molar-refractivity contribution in [3.63, 3.8) is 0 Å². The van der Waals surface area contributed by atoms with E-state index < -0.39 is 0 Å². The van der Waals surface area contributed by atoms with Gasteiger partial charge < -0.3 is 20.4 Å². The van der Waals surface area contributed by atoms with Gasteiger partial charge in [-0.15, -0.1) is 24.0 Å². The van der Waals surface area contributed by atoms with Gasteiger partial charge in [0.1, 0.15) is 5.82 Å². The number of guanidine groups is 1. The third-order valence-electron chi connectivity index (χ3n) is 4.54. The maximum absolute atomic E-state index is 14.2. The lowest BCUT2D eigenvalue weighted by Gasteiger charge is -2.14. The number of anilines is 1. The van der Waals surface area contributed by atoms with Crippen molar-refractivity contribution in [2.45, 2.75) is 19.9 Å². The van der Waals surface area contributed by atoms with Crippen molar-refractivity contribution in [3.8, 4) is 0 Å². The summed E-state index contributed by atoms with van der Waals surface area (Å²) in [5.41, 5.74) is 3.13. The number of rotatable bonds is 8. The van der Waals surface area contributed by atoms with Crippen LogP contribution in [0, 0.1) is 5.82 Å². The largest absolute Gasteiger partial charge is 0.375 e. The summed E-state index contributed by atoms with van der Waals surface area (Å²) in [6.45, 7) is 3.78. The summed E-state index contributed by atoms with van der Waals surface area (Å²) in [6, 6.07) is 12.8. The summed E-state index contributed by atoms with van der Waals surface area (Å²) < 4.78 is 14.2. The van der Waals surface area contributed by atoms with Crippen molar-refractivity contribution in [1.82, 2.24) is 15.5 Å². The van der Waals surface area contributed by atoms with Crippen molar-refractivity contribution < 1.29 is 9.18 Å². The van der Waals surface area contributed by atoms with Crippen LogP contribution in [0.25, 0.3) is 0 Å². The second kappa shape index (κ2) is 13.1. The number of carbonyl (C=O) groups excluding carboxylic acids is 1. The molecule has 170 valence electrons. The van der Waals surface area contributed by atoms with Gasteiger partial charge in [-0.25, -0.2) is 9.38 Å². The molecule has 0 aliphatic carbocycles. The Hall–Kier alpha value is -2.36. The van der Waals surface area contributed by atoms with E-state index in [1.165, 1.54) is 6.07 Å². The summed E-state index contributed by atoms with van der Waals surface area (Å²) in [4.78, 5) is 20.0. The van der Waals surface area contributed by atoms with Gasteiger partial charge >= 0.3 is 0 Å². The number of hydrogen-bond donors (Lipinski definition) is 2. The average Bonchev–Trinajstić information content (AvgIpc) is 2.71. The zero-order chi connectivity index (χ0) is 22.1. The molecule has 8 heteroatoms. The lowest BCUT2D eigenvalue weighted by Crippen LogP contribution is -2.38. The third-order valence-corrected chi connectivity index (χ3v) is 4.54. The van der Waals surface area contributed by atoms with Gasteiger partial charge in [-0.1, -0.05) is 18.2 Å². The molecule has 2 N–H and O–H groups in total. The Bertz CT molecular complexity index is 886. The fraction of sp³-hybridized carbons (Fsp3) is 0.391. The van der Waals surface area contributed by atoms with Gasteiger partial charge in [0.15, 0.2) is 5.96 Å². The molecule has 6 nitrogen and oxygen atoms in total. The van der Waals surface area contributed by atoms with Crippen LogP contribution >= 0.6 is 24.0 Å². The van der Waals surface area contributed by atoms with E-state index >= 15 is 0 Å². The number of benzene rings is 2. The highest BCUT2D eigenvalue weighted by Gasteiger charge is 2.08. The monoisotopic (exact) mass is 541 g/mol. The molecule has 0 aliphatic rings. The SMILES string of the molecule is CCNC(=NCc1ccc(N(C)C)c(F)c1)NCCc1cccc(C(=O)N(C)C)c1.I. The Kier molecular flexibility index (Phi) is 11.3. The van der Waals surface area contributed by atoms with Crippen LogP contribution in [0.3, 0.4) is 0 Å². The van der Waals surface area contributed by atoms with Crippen LogP contribution in [0.15, 0.2) is 47.5 Å². The van der Waals surface area contributed by atoms with E-state index in [4.69, 9.17) is 0 Å². The Balaban J connectivity index is 0.00000480. The van der Waals surface area contributed by atoms with Gasteiger partial charge in [0.05, 0.1) is 12.2 Å². The zero-order valence-corrected chi connectivity index (χ0v) is 21.2. The van der Waals surface area contributed by atoms with E-state index in [9.17, 15) is 9.18 Å². The zero-order valence-electron chi connectivity index (χ0n) is 18.9. The minimum atomic E-state index is -0.252. The molecular weight excluding hydrogens is 508 g/mol. The molecule has 0 atom stereocenters. The summed E-state index contributed by atoms with van der Waals surface area (Å²) in [6.07, 6.45) is 0.755. The van der Waals surface area contributed by atoms with Crippen LogP contribution in [-0.4, -0.2) is 58.0 Å². The van der Waals surface area contributed by atoms with Gasteiger partial charge in [0, 0.05) is 46.8 Å². The van der Waals surface area contributed by atoms with Gasteiger partial charge in [-0.2, -0.15) is 0 Å². The molecule has 2 aromatic carbocycles. The minimum Gasteiger partial charge on any atom is -0.375 e. The van der Waals surface area contributed by atoms with Crippen LogP contribution in [0.4, 0.5) is 10.1 Å². The van der Waals surface area contributed by atoms with E-state index in [-0.39, 0.29) is 35.7 Å². The first-order valence-corrected chi connectivity index (χ1v) is 10.1. The number of carbonyl (C=O) groups is 1. The van der Waals surface area contributed by atoms with Crippen LogP contribution in [0.2, 0.25) is 0 Å². The average molecular weight is 541 g/mol. The maximum Gasteiger partial charge on any atom is 0.253 e. The molecule has 31 heavy (non-hydrogen) atoms. The van der Waals surface area contributed by atoms with Gasteiger partial charge in [0.2, 0.25) is 0 Å². The van der Waals surface area contributed by atoms with Crippen LogP contribution in [-0.2, 0) is 13.0 Å². The van der Waals surface area contributed by atoms with E-state index in [0.717, 1.165) is 24.1 Å². The lowest BCUT2D eigenvalue weighted by atomic mass is 10.1. The molecule has 0 heterocycles. The first-order valence-electron chi connectivity index (χ1n) is 10.1. The summed E-state index contributed by atoms with van der Waals surface area (Å²) in [5, 5.41) is 6.50. The molecule has 2 rings (SSSR count). The highest BCUT2D eigenvalue weighted by atomic mass is 127. The number of halogens is 2. The Morgan fingerprint density at radius 2 is 1.77 bits per heavy atom. The van der Waals surface area contributed by atoms with Crippen molar-refractivity contribution in [2.24, 2.45) is 4.99 Å². The van der Waals surface area contributed by atoms with Crippen LogP contribution in [0.5, 0.6) is 0 Å². The Morgan fingerprint density at radius 3 is 2.39 bits per heavy atom. The first-order chi connectivity index (χ1) is 14.3. The summed E-state index contributed by atoms with van der Waals surface area (Å²) >= 11 is 0. The Labute approximate surface area is 201 Å². The minimum absolute atomic E-state index is 0. The second-order valence-electron chi connectivity index (χ2n) is 7.45. The predicted octanol–water partition coefficient (Wildman–Crippen LogP) is 3.51. The van der Waals surface area contributed by atoms with E-state index in [2.05, 4.69) is 15.6 Å². The highest BCUT2D eigenvalue weighted by Crippen LogP contribution is 2.18. The smallest absolute Gasteiger partial charge is 0.253 e. The topological polar surface area (TPSA) is 60.0 Å². The summed E-state index contributed by atoms with van der Waals surface area (Å²) in [7, 11) is 7.12. The molecule has 0 saturated carbocycles. The fourth-order valence-corrected chi connectivity index (χ4v) is 2.97. The number of hydrogen-bond acceptors (Lipinski definition) is 3. The van der Waals surface area contributed by atoms with E-state index in [0.29, 0.717) is 30.3 Å². The van der Waals surface area contributed by atoms with Crippen molar-refractivity contribution in [1.29, 1.82) is 0 Å². The molecule has 1 amide bonds. The molecule has 0 radical (unpaired) electrons. The van der Waals surface area contributed by atoms with E-state index in [1.54, 1.807) is 30.0 Å². The van der Waals surface area contributed by atoms with Gasteiger partial charge in [0.25, 0.3) is 5.91 Å². The maximum atomic E-state index is 14.2. The lowest BCUT2D eigenvalue weighted by molar-refractivity contribution is 0.0827. The van der Waals surface area contributed by atoms with Crippen molar-refractivity contribution >= 4 is 41.5 Å². The number of nitrogens with zero attached hydrogens (tertiary/aromatic N) is 3. The molecule has 0 unspecified atom stereocenters. The predicted molar refractivity (Wildman–Crippen MR) is 137 cm³/mol. The highest BCUT2D eigenvalue weighted by molar-refractivity contribution is 14.0. The molecule has 0 aromatic heterocycles. The standard InChI is InChI=1S/C23H32FN5O.HI/c1-6-25-23(27-16-18-10-11-21(28(2)3)20(24)15-18)26-13-12-17-8-7-9-19(14-17)22(30)29(4)5;/h7-11,14-15H,6,12-13,16H2,1-5H3,(H2,25,26,27);1H. The number of nitrogens with one attached hydrogen (secondary N) is 2. The quantitative estimate of drug-likeness (QED) is 0.305. The first kappa shape index (κ1) is 26.7. The molecule has 0 bridgehead atoms. The third kappa shape index (κ3) is 8.35. The van der Waals surface area contributed by atoms with Crippen LogP contribution in [0.1, 0.15) is 28.4 Å². The molecule has 2 aromatic rings. The molecule has 0 aliphatic heterocycles. The molecule has 0 spiro atoms. The number of aliphatic imine (C=N–C) groups is 1. The molecule has 0 saturated heterocycles. The summed E-state index contributed by atoms with van der Waals surface area (Å²) in [5.74, 6) is 0.417. The second-order valence-corrected chi connectivity index (χ2v) is 7.45. The van der Waals surface area contributed by atoms with Crippen molar-refractivity contribution in [2.75, 3.05) is 46.2 Å². The van der Waals surface area contributed by atoms with Crippen molar-refractivity contribution in [3.05, 3.63) is 65.0 Å². The van der Waals surface area contributed by atoms with Crippen LogP contribution < -0.4 is 15.5 Å². The fourth-order valence-electron chi connectivity index (χ4n) is 2.97. The molecular formula is C23H33FIN5O. The van der Waals surface area contributed by atoms with Gasteiger partial charge in [-0.05, 0) is 48.7 Å². The van der Waals surface area contributed by atoms with Gasteiger partial charge in [-0.3, -0.25) is 4.79 Å². The Morgan fingerprint density at radius 1 is 1.03 bits per heavy atom.